The minimum absolute atomic E-state index is 0.0107. The van der Waals surface area contributed by atoms with Gasteiger partial charge in [-0.05, 0) is 68.3 Å². The summed E-state index contributed by atoms with van der Waals surface area (Å²) in [4.78, 5) is 0. The number of aliphatic hydroxyl groups excluding tert-OH is 1. The molecule has 0 amide bonds. The van der Waals surface area contributed by atoms with E-state index in [0.717, 1.165) is 38.0 Å². The third kappa shape index (κ3) is 2.84. The van der Waals surface area contributed by atoms with Crippen molar-refractivity contribution < 1.29 is 9.84 Å². The molecule has 1 saturated carbocycles. The van der Waals surface area contributed by atoms with E-state index in [4.69, 9.17) is 4.74 Å². The highest BCUT2D eigenvalue weighted by Crippen LogP contribution is 2.34. The summed E-state index contributed by atoms with van der Waals surface area (Å²) in [5, 5.41) is 13.5. The van der Waals surface area contributed by atoms with Gasteiger partial charge >= 0.3 is 0 Å². The van der Waals surface area contributed by atoms with Crippen LogP contribution in [0.4, 0.5) is 0 Å². The monoisotopic (exact) mass is 275 g/mol. The Morgan fingerprint density at radius 2 is 2.20 bits per heavy atom. The lowest BCUT2D eigenvalue weighted by molar-refractivity contribution is 0.0603. The Balaban J connectivity index is 1.67. The van der Waals surface area contributed by atoms with Crippen LogP contribution in [0.3, 0.4) is 0 Å². The number of ether oxygens (including phenoxy) is 1. The highest BCUT2D eigenvalue weighted by Gasteiger charge is 2.28. The van der Waals surface area contributed by atoms with Crippen LogP contribution >= 0.6 is 0 Å². The summed E-state index contributed by atoms with van der Waals surface area (Å²) in [6.07, 6.45) is 6.10. The molecule has 0 radical (unpaired) electrons. The largest absolute Gasteiger partial charge is 0.488 e. The predicted octanol–water partition coefficient (Wildman–Crippen LogP) is 2.97. The van der Waals surface area contributed by atoms with Gasteiger partial charge in [0.1, 0.15) is 11.9 Å². The number of benzene rings is 1. The molecule has 2 aliphatic rings. The second-order valence-corrected chi connectivity index (χ2v) is 6.06. The summed E-state index contributed by atoms with van der Waals surface area (Å²) in [5.41, 5.74) is 2.83. The maximum atomic E-state index is 9.85. The Labute approximate surface area is 121 Å². The molecule has 3 nitrogen and oxygen atoms in total. The third-order valence-corrected chi connectivity index (χ3v) is 4.54. The maximum Gasteiger partial charge on any atom is 0.124 e. The lowest BCUT2D eigenvalue weighted by atomic mass is 10.1. The van der Waals surface area contributed by atoms with Crippen LogP contribution in [0.2, 0.25) is 0 Å². The molecule has 2 aliphatic carbocycles. The number of fused-ring (bicyclic) bond motifs is 1. The molecule has 3 rings (SSSR count). The molecule has 0 aromatic heterocycles. The second kappa shape index (κ2) is 6.15. The predicted molar refractivity (Wildman–Crippen MR) is 80.1 cm³/mol. The molecular formula is C17H25NO2. The van der Waals surface area contributed by atoms with Gasteiger partial charge in [-0.3, -0.25) is 0 Å². The van der Waals surface area contributed by atoms with Gasteiger partial charge in [0.2, 0.25) is 0 Å². The molecule has 0 spiro atoms. The second-order valence-electron chi connectivity index (χ2n) is 6.06. The summed E-state index contributed by atoms with van der Waals surface area (Å²) in [7, 11) is 0. The van der Waals surface area contributed by atoms with Crippen LogP contribution in [-0.4, -0.2) is 23.9 Å². The lowest BCUT2D eigenvalue weighted by Crippen LogP contribution is -2.25. The first-order chi connectivity index (χ1) is 9.78. The van der Waals surface area contributed by atoms with Crippen molar-refractivity contribution in [2.45, 2.75) is 63.7 Å². The van der Waals surface area contributed by atoms with E-state index in [1.54, 1.807) is 0 Å². The zero-order valence-electron chi connectivity index (χ0n) is 12.3. The van der Waals surface area contributed by atoms with Crippen LogP contribution in [0.5, 0.6) is 5.75 Å². The van der Waals surface area contributed by atoms with Gasteiger partial charge in [0, 0.05) is 6.04 Å². The van der Waals surface area contributed by atoms with Crippen LogP contribution in [0, 0.1) is 0 Å². The molecule has 0 aliphatic heterocycles. The number of hydrogen-bond donors (Lipinski definition) is 2. The maximum absolute atomic E-state index is 9.85. The summed E-state index contributed by atoms with van der Waals surface area (Å²) < 4.78 is 5.96. The Morgan fingerprint density at radius 1 is 1.30 bits per heavy atom. The Bertz CT molecular complexity index is 460. The number of nitrogens with one attached hydrogen (secondary N) is 1. The van der Waals surface area contributed by atoms with E-state index in [9.17, 15) is 5.11 Å². The van der Waals surface area contributed by atoms with Crippen LogP contribution in [0.15, 0.2) is 18.2 Å². The molecule has 1 fully saturated rings. The minimum Gasteiger partial charge on any atom is -0.488 e. The van der Waals surface area contributed by atoms with Gasteiger partial charge in [-0.1, -0.05) is 13.0 Å². The Morgan fingerprint density at radius 3 is 2.95 bits per heavy atom. The van der Waals surface area contributed by atoms with Crippen molar-refractivity contribution in [3.05, 3.63) is 29.3 Å². The number of rotatable bonds is 5. The van der Waals surface area contributed by atoms with Gasteiger partial charge in [0.15, 0.2) is 0 Å². The quantitative estimate of drug-likeness (QED) is 0.868. The van der Waals surface area contributed by atoms with Gasteiger partial charge in [-0.15, -0.1) is 0 Å². The number of hydrogen-bond acceptors (Lipinski definition) is 3. The van der Waals surface area contributed by atoms with Gasteiger partial charge in [0.05, 0.1) is 6.10 Å². The zero-order chi connectivity index (χ0) is 13.9. The molecule has 110 valence electrons. The fourth-order valence-corrected chi connectivity index (χ4v) is 3.42. The molecule has 0 saturated heterocycles. The molecule has 3 atom stereocenters. The molecule has 2 N–H and O–H groups in total. The molecule has 3 heteroatoms. The molecular weight excluding hydrogens is 250 g/mol. The third-order valence-electron chi connectivity index (χ3n) is 4.54. The lowest BCUT2D eigenvalue weighted by Gasteiger charge is -2.18. The van der Waals surface area contributed by atoms with Crippen molar-refractivity contribution in [1.82, 2.24) is 5.32 Å². The van der Waals surface area contributed by atoms with Crippen LogP contribution in [-0.2, 0) is 6.42 Å². The van der Waals surface area contributed by atoms with Gasteiger partial charge in [-0.25, -0.2) is 0 Å². The molecule has 0 bridgehead atoms. The van der Waals surface area contributed by atoms with Crippen LogP contribution in [0.1, 0.15) is 56.2 Å². The minimum atomic E-state index is -0.290. The fourth-order valence-electron chi connectivity index (χ4n) is 3.42. The molecule has 1 aromatic carbocycles. The van der Waals surface area contributed by atoms with E-state index >= 15 is 0 Å². The van der Waals surface area contributed by atoms with E-state index in [1.165, 1.54) is 24.0 Å². The summed E-state index contributed by atoms with van der Waals surface area (Å²) in [5.74, 6) is 0.922. The van der Waals surface area contributed by atoms with E-state index in [0.29, 0.717) is 6.04 Å². The smallest absolute Gasteiger partial charge is 0.124 e. The Kier molecular flexibility index (Phi) is 4.27. The van der Waals surface area contributed by atoms with Crippen molar-refractivity contribution in [3.63, 3.8) is 0 Å². The van der Waals surface area contributed by atoms with Crippen LogP contribution in [0.25, 0.3) is 0 Å². The number of aryl methyl sites for hydroxylation is 1. The molecule has 20 heavy (non-hydrogen) atoms. The first kappa shape index (κ1) is 13.9. The standard InChI is InChI=1S/C17H25NO2/c1-2-10-18-15-9-6-12-11-13(7-8-14(12)15)20-17-5-3-4-16(17)19/h7-8,11,15-19H,2-6,9-10H2,1H3. The normalized spacial score (nSPS) is 28.6. The van der Waals surface area contributed by atoms with Crippen molar-refractivity contribution in [1.29, 1.82) is 0 Å². The van der Waals surface area contributed by atoms with E-state index in [-0.39, 0.29) is 12.2 Å². The first-order valence-corrected chi connectivity index (χ1v) is 7.99. The SMILES string of the molecule is CCCNC1CCc2cc(OC3CCCC3O)ccc21. The fraction of sp³-hybridized carbons (Fsp3) is 0.647. The average Bonchev–Trinajstić information content (AvgIpc) is 3.03. The van der Waals surface area contributed by atoms with E-state index in [1.807, 2.05) is 0 Å². The van der Waals surface area contributed by atoms with Crippen LogP contribution < -0.4 is 10.1 Å². The van der Waals surface area contributed by atoms with Gasteiger partial charge < -0.3 is 15.2 Å². The average molecular weight is 275 g/mol. The van der Waals surface area contributed by atoms with Crippen molar-refractivity contribution >= 4 is 0 Å². The highest BCUT2D eigenvalue weighted by atomic mass is 16.5. The highest BCUT2D eigenvalue weighted by molar-refractivity contribution is 5.40. The van der Waals surface area contributed by atoms with E-state index in [2.05, 4.69) is 30.4 Å². The molecule has 1 aromatic rings. The summed E-state index contributed by atoms with van der Waals surface area (Å²) in [6, 6.07) is 6.95. The number of aliphatic hydroxyl groups is 1. The topological polar surface area (TPSA) is 41.5 Å². The summed E-state index contributed by atoms with van der Waals surface area (Å²) >= 11 is 0. The van der Waals surface area contributed by atoms with Crippen molar-refractivity contribution in [2.75, 3.05) is 6.54 Å². The zero-order valence-corrected chi connectivity index (χ0v) is 12.3. The first-order valence-electron chi connectivity index (χ1n) is 7.99. The summed E-state index contributed by atoms with van der Waals surface area (Å²) in [6.45, 7) is 3.28. The molecule has 3 unspecified atom stereocenters. The van der Waals surface area contributed by atoms with Gasteiger partial charge in [0.25, 0.3) is 0 Å². The van der Waals surface area contributed by atoms with Gasteiger partial charge in [-0.2, -0.15) is 0 Å². The Hall–Kier alpha value is -1.06. The van der Waals surface area contributed by atoms with Crippen molar-refractivity contribution in [2.24, 2.45) is 0 Å². The van der Waals surface area contributed by atoms with Crippen molar-refractivity contribution in [3.8, 4) is 5.75 Å². The van der Waals surface area contributed by atoms with E-state index < -0.39 is 0 Å². The molecule has 0 heterocycles.